The van der Waals surface area contributed by atoms with Gasteiger partial charge in [-0.15, -0.1) is 0 Å². The number of nitrogens with one attached hydrogen (secondary N) is 1. The highest BCUT2D eigenvalue weighted by molar-refractivity contribution is 6.07. The third kappa shape index (κ3) is 2.93. The first kappa shape index (κ1) is 13.8. The fourth-order valence-corrected chi connectivity index (χ4v) is 2.08. The summed E-state index contributed by atoms with van der Waals surface area (Å²) in [4.78, 5) is 20.9. The zero-order valence-corrected chi connectivity index (χ0v) is 11.6. The predicted octanol–water partition coefficient (Wildman–Crippen LogP) is 3.10. The molecule has 5 heteroatoms. The molecule has 2 N–H and O–H groups in total. The van der Waals surface area contributed by atoms with Crippen molar-refractivity contribution in [2.24, 2.45) is 0 Å². The number of aromatic nitrogens is 2. The van der Waals surface area contributed by atoms with Crippen molar-refractivity contribution in [2.45, 2.75) is 0 Å². The summed E-state index contributed by atoms with van der Waals surface area (Å²) in [5, 5.41) is 12.2. The molecule has 2 heterocycles. The molecule has 0 atom stereocenters. The van der Waals surface area contributed by atoms with Crippen LogP contribution in [0.5, 0.6) is 5.75 Å². The van der Waals surface area contributed by atoms with Gasteiger partial charge < -0.3 is 10.4 Å². The maximum Gasteiger partial charge on any atom is 0.257 e. The molecule has 0 radical (unpaired) electrons. The van der Waals surface area contributed by atoms with E-state index >= 15 is 0 Å². The smallest absolute Gasteiger partial charge is 0.257 e. The van der Waals surface area contributed by atoms with Gasteiger partial charge in [0.05, 0.1) is 11.3 Å². The Labute approximate surface area is 127 Å². The summed E-state index contributed by atoms with van der Waals surface area (Å²) in [6.07, 6.45) is 3.27. The number of hydrogen-bond acceptors (Lipinski definition) is 4. The summed E-state index contributed by atoms with van der Waals surface area (Å²) in [6, 6.07) is 15.2. The van der Waals surface area contributed by atoms with E-state index in [1.807, 2.05) is 6.07 Å². The Bertz CT molecular complexity index is 804. The van der Waals surface area contributed by atoms with E-state index in [0.29, 0.717) is 22.6 Å². The molecule has 1 aromatic carbocycles. The van der Waals surface area contributed by atoms with Gasteiger partial charge in [0.25, 0.3) is 5.91 Å². The molecule has 0 saturated carbocycles. The number of phenolic OH excluding ortho intramolecular Hbond substituents is 1. The minimum atomic E-state index is -0.306. The number of anilines is 1. The van der Waals surface area contributed by atoms with Crippen molar-refractivity contribution in [3.05, 3.63) is 72.6 Å². The SMILES string of the molecule is O=C(Nc1cccc(O)c1)c1cccnc1-c1ccccn1. The van der Waals surface area contributed by atoms with Crippen LogP contribution in [0.3, 0.4) is 0 Å². The molecule has 0 aliphatic heterocycles. The van der Waals surface area contributed by atoms with Gasteiger partial charge in [0.2, 0.25) is 0 Å². The highest BCUT2D eigenvalue weighted by Gasteiger charge is 2.14. The van der Waals surface area contributed by atoms with Gasteiger partial charge in [-0.1, -0.05) is 12.1 Å². The number of carbonyl (C=O) groups is 1. The Morgan fingerprint density at radius 1 is 0.955 bits per heavy atom. The molecule has 0 fully saturated rings. The van der Waals surface area contributed by atoms with E-state index in [-0.39, 0.29) is 11.7 Å². The van der Waals surface area contributed by atoms with Gasteiger partial charge in [0.15, 0.2) is 0 Å². The molecule has 108 valence electrons. The summed E-state index contributed by atoms with van der Waals surface area (Å²) in [6.45, 7) is 0. The Morgan fingerprint density at radius 3 is 2.59 bits per heavy atom. The van der Waals surface area contributed by atoms with Crippen molar-refractivity contribution >= 4 is 11.6 Å². The monoisotopic (exact) mass is 291 g/mol. The van der Waals surface area contributed by atoms with Crippen LogP contribution in [0.2, 0.25) is 0 Å². The van der Waals surface area contributed by atoms with Crippen LogP contribution in [-0.4, -0.2) is 21.0 Å². The van der Waals surface area contributed by atoms with Gasteiger partial charge in [-0.2, -0.15) is 0 Å². The van der Waals surface area contributed by atoms with Gasteiger partial charge in [-0.25, -0.2) is 0 Å². The van der Waals surface area contributed by atoms with Crippen LogP contribution in [0, 0.1) is 0 Å². The lowest BCUT2D eigenvalue weighted by Gasteiger charge is -2.09. The summed E-state index contributed by atoms with van der Waals surface area (Å²) in [5.41, 5.74) is 2.08. The molecule has 5 nitrogen and oxygen atoms in total. The summed E-state index contributed by atoms with van der Waals surface area (Å²) in [5.74, 6) is -0.215. The number of benzene rings is 1. The fourth-order valence-electron chi connectivity index (χ4n) is 2.08. The lowest BCUT2D eigenvalue weighted by Crippen LogP contribution is -2.14. The average molecular weight is 291 g/mol. The molecule has 0 aliphatic carbocycles. The van der Waals surface area contributed by atoms with Crippen LogP contribution in [0.1, 0.15) is 10.4 Å². The molecule has 3 rings (SSSR count). The number of carbonyl (C=O) groups excluding carboxylic acids is 1. The Hall–Kier alpha value is -3.21. The minimum Gasteiger partial charge on any atom is -0.508 e. The Balaban J connectivity index is 1.93. The Morgan fingerprint density at radius 2 is 1.82 bits per heavy atom. The van der Waals surface area contributed by atoms with E-state index in [4.69, 9.17) is 0 Å². The summed E-state index contributed by atoms with van der Waals surface area (Å²) < 4.78 is 0. The molecule has 0 unspecified atom stereocenters. The summed E-state index contributed by atoms with van der Waals surface area (Å²) >= 11 is 0. The minimum absolute atomic E-state index is 0.0916. The van der Waals surface area contributed by atoms with Crippen LogP contribution < -0.4 is 5.32 Å². The number of phenols is 1. The summed E-state index contributed by atoms with van der Waals surface area (Å²) in [7, 11) is 0. The van der Waals surface area contributed by atoms with Gasteiger partial charge in [-0.05, 0) is 36.4 Å². The molecule has 0 spiro atoms. The Kier molecular flexibility index (Phi) is 3.78. The highest BCUT2D eigenvalue weighted by atomic mass is 16.3. The average Bonchev–Trinajstić information content (AvgIpc) is 2.56. The maximum atomic E-state index is 12.5. The van der Waals surface area contributed by atoms with E-state index in [0.717, 1.165) is 0 Å². The van der Waals surface area contributed by atoms with Gasteiger partial charge in [-0.3, -0.25) is 14.8 Å². The number of rotatable bonds is 3. The van der Waals surface area contributed by atoms with Crippen LogP contribution in [0.25, 0.3) is 11.4 Å². The van der Waals surface area contributed by atoms with Crippen LogP contribution in [-0.2, 0) is 0 Å². The third-order valence-corrected chi connectivity index (χ3v) is 3.06. The van der Waals surface area contributed by atoms with E-state index in [1.54, 1.807) is 54.9 Å². The first-order valence-electron chi connectivity index (χ1n) is 6.71. The van der Waals surface area contributed by atoms with Crippen LogP contribution >= 0.6 is 0 Å². The van der Waals surface area contributed by atoms with Crippen molar-refractivity contribution in [3.8, 4) is 17.1 Å². The van der Waals surface area contributed by atoms with E-state index in [2.05, 4.69) is 15.3 Å². The van der Waals surface area contributed by atoms with Crippen molar-refractivity contribution in [1.29, 1.82) is 0 Å². The molecule has 2 aromatic heterocycles. The zero-order chi connectivity index (χ0) is 15.4. The largest absolute Gasteiger partial charge is 0.508 e. The third-order valence-electron chi connectivity index (χ3n) is 3.06. The fraction of sp³-hybridized carbons (Fsp3) is 0. The topological polar surface area (TPSA) is 75.1 Å². The molecule has 3 aromatic rings. The second-order valence-corrected chi connectivity index (χ2v) is 4.62. The van der Waals surface area contributed by atoms with Crippen molar-refractivity contribution in [3.63, 3.8) is 0 Å². The molecular formula is C17H13N3O2. The van der Waals surface area contributed by atoms with Crippen molar-refractivity contribution in [1.82, 2.24) is 9.97 Å². The van der Waals surface area contributed by atoms with Crippen molar-refractivity contribution in [2.75, 3.05) is 5.32 Å². The standard InChI is InChI=1S/C17H13N3O2/c21-13-6-3-5-12(11-13)20-17(22)14-7-4-10-19-16(14)15-8-1-2-9-18-15/h1-11,21H,(H,20,22). The normalized spacial score (nSPS) is 10.2. The molecule has 0 saturated heterocycles. The number of hydrogen-bond donors (Lipinski definition) is 2. The highest BCUT2D eigenvalue weighted by Crippen LogP contribution is 2.21. The van der Waals surface area contributed by atoms with Crippen LogP contribution in [0.15, 0.2) is 67.0 Å². The zero-order valence-electron chi connectivity index (χ0n) is 11.6. The number of amides is 1. The second-order valence-electron chi connectivity index (χ2n) is 4.62. The predicted molar refractivity (Wildman–Crippen MR) is 83.5 cm³/mol. The van der Waals surface area contributed by atoms with Gasteiger partial charge in [0, 0.05) is 24.1 Å². The first-order chi connectivity index (χ1) is 10.7. The van der Waals surface area contributed by atoms with Gasteiger partial charge >= 0.3 is 0 Å². The van der Waals surface area contributed by atoms with E-state index in [1.165, 1.54) is 6.07 Å². The lowest BCUT2D eigenvalue weighted by molar-refractivity contribution is 0.102. The first-order valence-corrected chi connectivity index (χ1v) is 6.71. The second kappa shape index (κ2) is 6.05. The van der Waals surface area contributed by atoms with Gasteiger partial charge in [0.1, 0.15) is 11.4 Å². The van der Waals surface area contributed by atoms with E-state index < -0.39 is 0 Å². The number of aromatic hydroxyl groups is 1. The molecule has 22 heavy (non-hydrogen) atoms. The quantitative estimate of drug-likeness (QED) is 0.777. The molecule has 0 bridgehead atoms. The van der Waals surface area contributed by atoms with Crippen LogP contribution in [0.4, 0.5) is 5.69 Å². The molecule has 1 amide bonds. The molecular weight excluding hydrogens is 278 g/mol. The number of nitrogens with zero attached hydrogens (tertiary/aromatic N) is 2. The number of pyridine rings is 2. The lowest BCUT2D eigenvalue weighted by atomic mass is 10.1. The molecule has 0 aliphatic rings. The maximum absolute atomic E-state index is 12.5. The van der Waals surface area contributed by atoms with E-state index in [9.17, 15) is 9.90 Å². The van der Waals surface area contributed by atoms with Crippen molar-refractivity contribution < 1.29 is 9.90 Å².